The lowest BCUT2D eigenvalue weighted by Gasteiger charge is -2.22. The number of hydrogen-bond acceptors (Lipinski definition) is 4. The van der Waals surface area contributed by atoms with Crippen molar-refractivity contribution >= 4 is 27.3 Å². The number of rotatable bonds is 5. The van der Waals surface area contributed by atoms with Crippen LogP contribution in [-0.4, -0.2) is 27.9 Å². The number of nitrogens with two attached hydrogens (primary N) is 1. The Kier molecular flexibility index (Phi) is 5.73. The molecule has 1 amide bonds. The van der Waals surface area contributed by atoms with Gasteiger partial charge in [0, 0.05) is 18.4 Å². The third-order valence-corrected chi connectivity index (χ3v) is 4.95. The first-order valence-corrected chi connectivity index (χ1v) is 9.76. The van der Waals surface area contributed by atoms with Crippen LogP contribution in [0.15, 0.2) is 53.4 Å². The van der Waals surface area contributed by atoms with E-state index < -0.39 is 10.0 Å². The van der Waals surface area contributed by atoms with Gasteiger partial charge in [0.15, 0.2) is 0 Å². The van der Waals surface area contributed by atoms with Crippen molar-refractivity contribution in [1.29, 1.82) is 0 Å². The van der Waals surface area contributed by atoms with Gasteiger partial charge in [-0.3, -0.25) is 4.79 Å². The van der Waals surface area contributed by atoms with Gasteiger partial charge in [-0.25, -0.2) is 13.6 Å². The SMILES string of the molecule is CN(CC(=O)Nc1ccc(S(N)(=O)=O)cc1)c1ccc(C(C)(C)C)cc1. The van der Waals surface area contributed by atoms with Crippen LogP contribution >= 0.6 is 0 Å². The van der Waals surface area contributed by atoms with E-state index in [-0.39, 0.29) is 22.8 Å². The molecule has 26 heavy (non-hydrogen) atoms. The molecule has 6 nitrogen and oxygen atoms in total. The Hall–Kier alpha value is -2.38. The number of nitrogens with one attached hydrogen (secondary N) is 1. The summed E-state index contributed by atoms with van der Waals surface area (Å²) in [6.07, 6.45) is 0. The molecule has 0 unspecified atom stereocenters. The van der Waals surface area contributed by atoms with Gasteiger partial charge in [0.25, 0.3) is 0 Å². The van der Waals surface area contributed by atoms with Crippen LogP contribution in [0.3, 0.4) is 0 Å². The van der Waals surface area contributed by atoms with Gasteiger partial charge < -0.3 is 10.2 Å². The van der Waals surface area contributed by atoms with Crippen LogP contribution in [0.1, 0.15) is 26.3 Å². The van der Waals surface area contributed by atoms with Crippen molar-refractivity contribution in [3.8, 4) is 0 Å². The van der Waals surface area contributed by atoms with E-state index >= 15 is 0 Å². The van der Waals surface area contributed by atoms with Gasteiger partial charge in [-0.1, -0.05) is 32.9 Å². The second kappa shape index (κ2) is 7.47. The van der Waals surface area contributed by atoms with E-state index in [4.69, 9.17) is 5.14 Å². The summed E-state index contributed by atoms with van der Waals surface area (Å²) in [5, 5.41) is 7.79. The molecule has 140 valence electrons. The largest absolute Gasteiger partial charge is 0.365 e. The van der Waals surface area contributed by atoms with Crippen LogP contribution in [-0.2, 0) is 20.2 Å². The Balaban J connectivity index is 1.99. The number of carbonyl (C=O) groups is 1. The molecule has 0 aromatic heterocycles. The zero-order chi connectivity index (χ0) is 19.5. The van der Waals surface area contributed by atoms with E-state index in [0.29, 0.717) is 5.69 Å². The number of sulfonamides is 1. The Bertz CT molecular complexity index is 868. The van der Waals surface area contributed by atoms with E-state index in [1.807, 2.05) is 24.1 Å². The van der Waals surface area contributed by atoms with Crippen LogP contribution in [0.5, 0.6) is 0 Å². The molecule has 0 aliphatic rings. The molecular formula is C19H25N3O3S. The molecule has 0 radical (unpaired) electrons. The molecule has 0 saturated carbocycles. The molecule has 2 aromatic rings. The van der Waals surface area contributed by atoms with Gasteiger partial charge in [-0.05, 0) is 47.4 Å². The summed E-state index contributed by atoms with van der Waals surface area (Å²) in [6.45, 7) is 6.63. The molecule has 0 atom stereocenters. The minimum Gasteiger partial charge on any atom is -0.365 e. The lowest BCUT2D eigenvalue weighted by molar-refractivity contribution is -0.114. The maximum Gasteiger partial charge on any atom is 0.243 e. The fraction of sp³-hybridized carbons (Fsp3) is 0.316. The van der Waals surface area contributed by atoms with E-state index in [1.54, 1.807) is 0 Å². The summed E-state index contributed by atoms with van der Waals surface area (Å²) in [6, 6.07) is 13.9. The first-order chi connectivity index (χ1) is 12.0. The van der Waals surface area contributed by atoms with E-state index in [0.717, 1.165) is 5.69 Å². The van der Waals surface area contributed by atoms with Gasteiger partial charge in [-0.2, -0.15) is 0 Å². The van der Waals surface area contributed by atoms with Crippen molar-refractivity contribution in [2.24, 2.45) is 5.14 Å². The highest BCUT2D eigenvalue weighted by Gasteiger charge is 2.14. The summed E-state index contributed by atoms with van der Waals surface area (Å²) < 4.78 is 22.5. The minimum absolute atomic E-state index is 0.00607. The number of primary sulfonamides is 1. The topological polar surface area (TPSA) is 92.5 Å². The Morgan fingerprint density at radius 1 is 1.04 bits per heavy atom. The lowest BCUT2D eigenvalue weighted by Crippen LogP contribution is -2.30. The average Bonchev–Trinajstić information content (AvgIpc) is 2.53. The number of hydrogen-bond donors (Lipinski definition) is 2. The van der Waals surface area contributed by atoms with E-state index in [9.17, 15) is 13.2 Å². The molecular weight excluding hydrogens is 350 g/mol. The predicted octanol–water partition coefficient (Wildman–Crippen LogP) is 2.71. The Morgan fingerprint density at radius 2 is 1.58 bits per heavy atom. The molecule has 3 N–H and O–H groups in total. The molecule has 0 heterocycles. The first kappa shape index (κ1) is 19.9. The monoisotopic (exact) mass is 375 g/mol. The summed E-state index contributed by atoms with van der Waals surface area (Å²) in [5.74, 6) is -0.198. The van der Waals surface area contributed by atoms with Crippen LogP contribution in [0, 0.1) is 0 Å². The summed E-state index contributed by atoms with van der Waals surface area (Å²) in [7, 11) is -1.90. The van der Waals surface area contributed by atoms with Gasteiger partial charge in [0.2, 0.25) is 15.9 Å². The summed E-state index contributed by atoms with van der Waals surface area (Å²) >= 11 is 0. The molecule has 0 aliphatic carbocycles. The average molecular weight is 375 g/mol. The number of benzene rings is 2. The zero-order valence-electron chi connectivity index (χ0n) is 15.5. The molecule has 0 saturated heterocycles. The summed E-state index contributed by atoms with van der Waals surface area (Å²) in [4.78, 5) is 14.1. The van der Waals surface area contributed by atoms with Crippen molar-refractivity contribution in [3.63, 3.8) is 0 Å². The smallest absolute Gasteiger partial charge is 0.243 e. The number of likely N-dealkylation sites (N-methyl/N-ethyl adjacent to an activating group) is 1. The molecule has 2 aromatic carbocycles. The molecule has 0 bridgehead atoms. The van der Waals surface area contributed by atoms with Crippen molar-refractivity contribution < 1.29 is 13.2 Å². The standard InChI is InChI=1S/C19H25N3O3S/c1-19(2,3)14-5-9-16(10-6-14)22(4)13-18(23)21-15-7-11-17(12-8-15)26(20,24)25/h5-12H,13H2,1-4H3,(H,21,23)(H2,20,24,25). The third-order valence-electron chi connectivity index (χ3n) is 4.02. The maximum atomic E-state index is 12.2. The zero-order valence-corrected chi connectivity index (χ0v) is 16.3. The maximum absolute atomic E-state index is 12.2. The highest BCUT2D eigenvalue weighted by molar-refractivity contribution is 7.89. The summed E-state index contributed by atoms with van der Waals surface area (Å²) in [5.41, 5.74) is 2.77. The Morgan fingerprint density at radius 3 is 2.04 bits per heavy atom. The number of carbonyl (C=O) groups excluding carboxylic acids is 1. The normalized spacial score (nSPS) is 11.9. The predicted molar refractivity (Wildman–Crippen MR) is 105 cm³/mol. The Labute approximate surface area is 155 Å². The fourth-order valence-electron chi connectivity index (χ4n) is 2.45. The molecule has 0 fully saturated rings. The van der Waals surface area contributed by atoms with Crippen LogP contribution < -0.4 is 15.4 Å². The quantitative estimate of drug-likeness (QED) is 0.840. The lowest BCUT2D eigenvalue weighted by atomic mass is 9.87. The highest BCUT2D eigenvalue weighted by Crippen LogP contribution is 2.24. The second-order valence-corrected chi connectivity index (χ2v) is 8.83. The van der Waals surface area contributed by atoms with Crippen LogP contribution in [0.4, 0.5) is 11.4 Å². The fourth-order valence-corrected chi connectivity index (χ4v) is 2.97. The highest BCUT2D eigenvalue weighted by atomic mass is 32.2. The first-order valence-electron chi connectivity index (χ1n) is 8.21. The van der Waals surface area contributed by atoms with Gasteiger partial charge in [-0.15, -0.1) is 0 Å². The molecule has 7 heteroatoms. The van der Waals surface area contributed by atoms with Crippen molar-refractivity contribution in [3.05, 3.63) is 54.1 Å². The van der Waals surface area contributed by atoms with Crippen molar-refractivity contribution in [1.82, 2.24) is 0 Å². The van der Waals surface area contributed by atoms with E-state index in [1.165, 1.54) is 29.8 Å². The molecule has 0 aliphatic heterocycles. The number of anilines is 2. The second-order valence-electron chi connectivity index (χ2n) is 7.27. The van der Waals surface area contributed by atoms with E-state index in [2.05, 4.69) is 38.2 Å². The number of amides is 1. The van der Waals surface area contributed by atoms with Gasteiger partial charge in [0.1, 0.15) is 0 Å². The van der Waals surface area contributed by atoms with Crippen molar-refractivity contribution in [2.75, 3.05) is 23.8 Å². The van der Waals surface area contributed by atoms with Crippen LogP contribution in [0.2, 0.25) is 0 Å². The van der Waals surface area contributed by atoms with Gasteiger partial charge >= 0.3 is 0 Å². The number of nitrogens with zero attached hydrogens (tertiary/aromatic N) is 1. The molecule has 0 spiro atoms. The molecule has 2 rings (SSSR count). The van der Waals surface area contributed by atoms with Crippen molar-refractivity contribution in [2.45, 2.75) is 31.1 Å². The van der Waals surface area contributed by atoms with Gasteiger partial charge in [0.05, 0.1) is 11.4 Å². The minimum atomic E-state index is -3.74. The third kappa shape index (κ3) is 5.31. The van der Waals surface area contributed by atoms with Crippen LogP contribution in [0.25, 0.3) is 0 Å².